The van der Waals surface area contributed by atoms with E-state index in [2.05, 4.69) is 15.6 Å². The minimum atomic E-state index is -4.49. The number of carbonyl (C=O) groups excluding carboxylic acids is 1. The van der Waals surface area contributed by atoms with E-state index in [4.69, 9.17) is 0 Å². The maximum absolute atomic E-state index is 12.6. The third-order valence-corrected chi connectivity index (χ3v) is 2.10. The van der Waals surface area contributed by atoms with Crippen molar-refractivity contribution in [1.29, 1.82) is 0 Å². The Labute approximate surface area is 103 Å². The highest BCUT2D eigenvalue weighted by Crippen LogP contribution is 2.33. The first-order valence-electron chi connectivity index (χ1n) is 5.48. The summed E-state index contributed by atoms with van der Waals surface area (Å²) in [4.78, 5) is 14.8. The maximum Gasteiger partial charge on any atom is 0.419 e. The van der Waals surface area contributed by atoms with Crippen molar-refractivity contribution in [1.82, 2.24) is 10.3 Å². The molecular formula is C11H14F3N3O. The van der Waals surface area contributed by atoms with Gasteiger partial charge in [-0.2, -0.15) is 13.2 Å². The topological polar surface area (TPSA) is 54.0 Å². The van der Waals surface area contributed by atoms with Crippen LogP contribution in [0.15, 0.2) is 18.3 Å². The molecule has 0 radical (unpaired) electrons. The number of hydrogen-bond donors (Lipinski definition) is 2. The third-order valence-electron chi connectivity index (χ3n) is 2.10. The Morgan fingerprint density at radius 3 is 2.78 bits per heavy atom. The van der Waals surface area contributed by atoms with E-state index in [0.29, 0.717) is 6.54 Å². The van der Waals surface area contributed by atoms with Crippen molar-refractivity contribution in [2.75, 3.05) is 18.4 Å². The highest BCUT2D eigenvalue weighted by molar-refractivity contribution is 5.80. The lowest BCUT2D eigenvalue weighted by Crippen LogP contribution is -2.31. The number of nitrogens with one attached hydrogen (secondary N) is 2. The smallest absolute Gasteiger partial charge is 0.361 e. The predicted octanol–water partition coefficient (Wildman–Crippen LogP) is 2.04. The molecule has 18 heavy (non-hydrogen) atoms. The fourth-order valence-corrected chi connectivity index (χ4v) is 1.27. The van der Waals surface area contributed by atoms with E-state index in [9.17, 15) is 18.0 Å². The number of hydrogen-bond acceptors (Lipinski definition) is 3. The standard InChI is InChI=1S/C11H14F3N3O/c1-2-5-15-9(18)7-17-10-8(11(12,13)14)4-3-6-16-10/h3-4,6H,2,5,7H2,1H3,(H,15,18)(H,16,17). The molecule has 0 aliphatic carbocycles. The lowest BCUT2D eigenvalue weighted by atomic mass is 10.2. The minimum Gasteiger partial charge on any atom is -0.361 e. The van der Waals surface area contributed by atoms with E-state index < -0.39 is 11.7 Å². The maximum atomic E-state index is 12.6. The van der Waals surface area contributed by atoms with E-state index in [1.807, 2.05) is 6.92 Å². The summed E-state index contributed by atoms with van der Waals surface area (Å²) >= 11 is 0. The minimum absolute atomic E-state index is 0.236. The quantitative estimate of drug-likeness (QED) is 0.852. The van der Waals surface area contributed by atoms with Gasteiger partial charge >= 0.3 is 6.18 Å². The fraction of sp³-hybridized carbons (Fsp3) is 0.455. The summed E-state index contributed by atoms with van der Waals surface area (Å²) in [6, 6.07) is 2.12. The van der Waals surface area contributed by atoms with Gasteiger partial charge in [0.05, 0.1) is 12.1 Å². The Morgan fingerprint density at radius 2 is 2.17 bits per heavy atom. The molecule has 0 unspecified atom stereocenters. The summed E-state index contributed by atoms with van der Waals surface area (Å²) in [5, 5.41) is 4.94. The molecule has 0 saturated heterocycles. The average molecular weight is 261 g/mol. The molecular weight excluding hydrogens is 247 g/mol. The molecule has 0 aliphatic rings. The number of rotatable bonds is 5. The summed E-state index contributed by atoms with van der Waals surface area (Å²) in [5.74, 6) is -0.702. The van der Waals surface area contributed by atoms with Gasteiger partial charge in [-0.3, -0.25) is 4.79 Å². The number of pyridine rings is 1. The zero-order valence-corrected chi connectivity index (χ0v) is 9.84. The molecule has 0 bridgehead atoms. The van der Waals surface area contributed by atoms with Crippen LogP contribution in [0.4, 0.5) is 19.0 Å². The molecule has 0 saturated carbocycles. The monoisotopic (exact) mass is 261 g/mol. The van der Waals surface area contributed by atoms with Crippen molar-refractivity contribution in [2.45, 2.75) is 19.5 Å². The van der Waals surface area contributed by atoms with Crippen LogP contribution in [0.5, 0.6) is 0 Å². The summed E-state index contributed by atoms with van der Waals surface area (Å²) in [7, 11) is 0. The zero-order valence-electron chi connectivity index (χ0n) is 9.84. The molecule has 1 aromatic heterocycles. The Morgan fingerprint density at radius 1 is 1.44 bits per heavy atom. The molecule has 0 spiro atoms. The summed E-state index contributed by atoms with van der Waals surface area (Å²) < 4.78 is 37.8. The van der Waals surface area contributed by atoms with Crippen LogP contribution >= 0.6 is 0 Å². The zero-order chi connectivity index (χ0) is 13.6. The van der Waals surface area contributed by atoms with E-state index in [1.165, 1.54) is 12.3 Å². The number of halogens is 3. The molecule has 1 aromatic rings. The first-order chi connectivity index (χ1) is 8.45. The van der Waals surface area contributed by atoms with E-state index in [0.717, 1.165) is 12.5 Å². The molecule has 2 N–H and O–H groups in total. The van der Waals surface area contributed by atoms with Crippen molar-refractivity contribution in [3.8, 4) is 0 Å². The van der Waals surface area contributed by atoms with Crippen LogP contribution < -0.4 is 10.6 Å². The molecule has 0 atom stereocenters. The molecule has 1 rings (SSSR count). The van der Waals surface area contributed by atoms with Crippen molar-refractivity contribution < 1.29 is 18.0 Å². The van der Waals surface area contributed by atoms with E-state index in [1.54, 1.807) is 0 Å². The van der Waals surface area contributed by atoms with Crippen molar-refractivity contribution in [2.24, 2.45) is 0 Å². The van der Waals surface area contributed by atoms with E-state index >= 15 is 0 Å². The van der Waals surface area contributed by atoms with Gasteiger partial charge in [-0.15, -0.1) is 0 Å². The Kier molecular flexibility index (Phi) is 4.94. The molecule has 1 amide bonds. The molecule has 1 heterocycles. The van der Waals surface area contributed by atoms with Crippen LogP contribution in [-0.2, 0) is 11.0 Å². The van der Waals surface area contributed by atoms with Crippen LogP contribution in [0, 0.1) is 0 Å². The van der Waals surface area contributed by atoms with Gasteiger partial charge in [-0.1, -0.05) is 6.92 Å². The SMILES string of the molecule is CCCNC(=O)CNc1ncccc1C(F)(F)F. The summed E-state index contributed by atoms with van der Waals surface area (Å²) in [6.07, 6.45) is -2.48. The van der Waals surface area contributed by atoms with Gasteiger partial charge in [0.25, 0.3) is 0 Å². The number of aromatic nitrogens is 1. The molecule has 7 heteroatoms. The van der Waals surface area contributed by atoms with Crippen molar-refractivity contribution >= 4 is 11.7 Å². The highest BCUT2D eigenvalue weighted by atomic mass is 19.4. The van der Waals surface area contributed by atoms with Gasteiger partial charge in [0, 0.05) is 12.7 Å². The van der Waals surface area contributed by atoms with Crippen LogP contribution in [-0.4, -0.2) is 24.0 Å². The van der Waals surface area contributed by atoms with Crippen LogP contribution in [0.1, 0.15) is 18.9 Å². The van der Waals surface area contributed by atoms with E-state index in [-0.39, 0.29) is 18.3 Å². The molecule has 4 nitrogen and oxygen atoms in total. The normalized spacial score (nSPS) is 11.1. The number of anilines is 1. The Balaban J connectivity index is 2.65. The lowest BCUT2D eigenvalue weighted by molar-refractivity contribution is -0.137. The molecule has 0 aliphatic heterocycles. The number of amides is 1. The largest absolute Gasteiger partial charge is 0.419 e. The van der Waals surface area contributed by atoms with Crippen molar-refractivity contribution in [3.05, 3.63) is 23.9 Å². The van der Waals surface area contributed by atoms with Gasteiger partial charge in [0.1, 0.15) is 5.82 Å². The second kappa shape index (κ2) is 6.23. The molecule has 100 valence electrons. The first-order valence-corrected chi connectivity index (χ1v) is 5.48. The predicted molar refractivity (Wildman–Crippen MR) is 61.0 cm³/mol. The van der Waals surface area contributed by atoms with Gasteiger partial charge < -0.3 is 10.6 Å². The van der Waals surface area contributed by atoms with Gasteiger partial charge in [0.2, 0.25) is 5.91 Å². The van der Waals surface area contributed by atoms with Gasteiger partial charge in [-0.05, 0) is 18.6 Å². The number of alkyl halides is 3. The summed E-state index contributed by atoms with van der Waals surface area (Å²) in [5.41, 5.74) is -0.881. The fourth-order valence-electron chi connectivity index (χ4n) is 1.27. The third kappa shape index (κ3) is 4.23. The van der Waals surface area contributed by atoms with Crippen LogP contribution in [0.3, 0.4) is 0 Å². The highest BCUT2D eigenvalue weighted by Gasteiger charge is 2.34. The lowest BCUT2D eigenvalue weighted by Gasteiger charge is -2.12. The second-order valence-electron chi connectivity index (χ2n) is 3.60. The first kappa shape index (κ1) is 14.3. The summed E-state index contributed by atoms with van der Waals surface area (Å²) in [6.45, 7) is 2.14. The van der Waals surface area contributed by atoms with Crippen LogP contribution in [0.25, 0.3) is 0 Å². The number of carbonyl (C=O) groups is 1. The van der Waals surface area contributed by atoms with Crippen LogP contribution in [0.2, 0.25) is 0 Å². The Bertz CT molecular complexity index is 407. The molecule has 0 aromatic carbocycles. The second-order valence-corrected chi connectivity index (χ2v) is 3.60. The molecule has 0 fully saturated rings. The van der Waals surface area contributed by atoms with Gasteiger partial charge in [0.15, 0.2) is 0 Å². The average Bonchev–Trinajstić information content (AvgIpc) is 2.33. The Hall–Kier alpha value is -1.79. The number of nitrogens with zero attached hydrogens (tertiary/aromatic N) is 1. The van der Waals surface area contributed by atoms with Crippen molar-refractivity contribution in [3.63, 3.8) is 0 Å². The van der Waals surface area contributed by atoms with Gasteiger partial charge in [-0.25, -0.2) is 4.98 Å².